The Labute approximate surface area is 155 Å². The Hall–Kier alpha value is -0.873. The van der Waals surface area contributed by atoms with Gasteiger partial charge in [0.15, 0.2) is 8.32 Å². The van der Waals surface area contributed by atoms with Crippen LogP contribution in [0, 0.1) is 11.8 Å². The standard InChI is InChI=1S/C21H36O3Si/c1-8-25(9-2,10-3)24-21(7)19(12-11-15(4)5)23-18-14-16(6)13-17(22)20(18)21/h11-12,16,18,20H,8-10,13-14H2,1-7H3/b19-12-/t16-,18+,20-,21+/m1/s1. The molecule has 0 aromatic heterocycles. The van der Waals surface area contributed by atoms with Crippen LogP contribution in [0.2, 0.25) is 18.1 Å². The second-order valence-electron chi connectivity index (χ2n) is 8.37. The molecule has 0 radical (unpaired) electrons. The third-order valence-electron chi connectivity index (χ3n) is 6.19. The molecule has 3 nitrogen and oxygen atoms in total. The molecule has 2 rings (SSSR count). The van der Waals surface area contributed by atoms with Gasteiger partial charge < -0.3 is 9.16 Å². The van der Waals surface area contributed by atoms with Gasteiger partial charge in [0.25, 0.3) is 0 Å². The monoisotopic (exact) mass is 364 g/mol. The first-order valence-electron chi connectivity index (χ1n) is 9.96. The Morgan fingerprint density at radius 1 is 1.28 bits per heavy atom. The lowest BCUT2D eigenvalue weighted by Crippen LogP contribution is -2.53. The van der Waals surface area contributed by atoms with Gasteiger partial charge in [0.1, 0.15) is 23.2 Å². The van der Waals surface area contributed by atoms with E-state index in [1.165, 1.54) is 5.57 Å². The summed E-state index contributed by atoms with van der Waals surface area (Å²) < 4.78 is 13.3. The van der Waals surface area contributed by atoms with Gasteiger partial charge in [0.05, 0.1) is 5.92 Å². The fourth-order valence-corrected chi connectivity index (χ4v) is 7.54. The first-order chi connectivity index (χ1) is 11.7. The number of hydrogen-bond donors (Lipinski definition) is 0. The summed E-state index contributed by atoms with van der Waals surface area (Å²) >= 11 is 0. The molecule has 0 unspecified atom stereocenters. The van der Waals surface area contributed by atoms with Crippen molar-refractivity contribution in [3.63, 3.8) is 0 Å². The van der Waals surface area contributed by atoms with Crippen LogP contribution in [0.25, 0.3) is 0 Å². The topological polar surface area (TPSA) is 35.5 Å². The molecular formula is C21H36O3Si. The fourth-order valence-electron chi connectivity index (χ4n) is 4.48. The molecule has 1 saturated carbocycles. The normalized spacial score (nSPS) is 34.0. The Morgan fingerprint density at radius 2 is 1.88 bits per heavy atom. The molecule has 0 aromatic carbocycles. The highest BCUT2D eigenvalue weighted by atomic mass is 28.4. The zero-order valence-corrected chi connectivity index (χ0v) is 18.1. The van der Waals surface area contributed by atoms with Gasteiger partial charge in [-0.15, -0.1) is 0 Å². The van der Waals surface area contributed by atoms with E-state index in [0.29, 0.717) is 18.1 Å². The Balaban J connectivity index is 2.48. The van der Waals surface area contributed by atoms with Crippen molar-refractivity contribution in [1.82, 2.24) is 0 Å². The number of carbonyl (C=O) groups is 1. The van der Waals surface area contributed by atoms with Gasteiger partial charge in [0.2, 0.25) is 0 Å². The summed E-state index contributed by atoms with van der Waals surface area (Å²) in [5, 5.41) is 0. The summed E-state index contributed by atoms with van der Waals surface area (Å²) in [6, 6.07) is 3.23. The van der Waals surface area contributed by atoms with Crippen LogP contribution in [0.5, 0.6) is 0 Å². The smallest absolute Gasteiger partial charge is 0.193 e. The molecule has 0 spiro atoms. The van der Waals surface area contributed by atoms with E-state index in [-0.39, 0.29) is 12.0 Å². The highest BCUT2D eigenvalue weighted by Crippen LogP contribution is 2.50. The molecule has 2 fully saturated rings. The third-order valence-corrected chi connectivity index (χ3v) is 10.9. The summed E-state index contributed by atoms with van der Waals surface area (Å²) in [5.41, 5.74) is 0.611. The molecule has 1 aliphatic carbocycles. The summed E-state index contributed by atoms with van der Waals surface area (Å²) in [4.78, 5) is 12.9. The van der Waals surface area contributed by atoms with Crippen LogP contribution in [-0.4, -0.2) is 25.8 Å². The van der Waals surface area contributed by atoms with E-state index in [2.05, 4.69) is 54.5 Å². The lowest BCUT2D eigenvalue weighted by molar-refractivity contribution is -0.133. The van der Waals surface area contributed by atoms with Crippen LogP contribution in [-0.2, 0) is 14.0 Å². The maximum absolute atomic E-state index is 12.9. The quantitative estimate of drug-likeness (QED) is 0.573. The molecule has 2 aliphatic rings. The van der Waals surface area contributed by atoms with Crippen molar-refractivity contribution in [1.29, 1.82) is 0 Å². The Morgan fingerprint density at radius 3 is 2.40 bits per heavy atom. The SMILES string of the molecule is CC[Si](CC)(CC)O[C@@]1(C)/C(=C/C=C(C)C)O[C@H]2C[C@H](C)CC(=O)[C@H]21. The number of fused-ring (bicyclic) bond motifs is 1. The number of ketones is 1. The number of hydrogen-bond acceptors (Lipinski definition) is 3. The van der Waals surface area contributed by atoms with E-state index in [4.69, 9.17) is 9.16 Å². The average Bonchev–Trinajstić information content (AvgIpc) is 2.82. The third kappa shape index (κ3) is 3.95. The van der Waals surface area contributed by atoms with Gasteiger partial charge in [0, 0.05) is 6.42 Å². The van der Waals surface area contributed by atoms with Crippen molar-refractivity contribution in [3.05, 3.63) is 23.5 Å². The highest BCUT2D eigenvalue weighted by molar-refractivity contribution is 6.73. The van der Waals surface area contributed by atoms with Crippen LogP contribution in [0.15, 0.2) is 23.5 Å². The molecule has 0 bridgehead atoms. The number of rotatable bonds is 6. The van der Waals surface area contributed by atoms with Crippen molar-refractivity contribution in [2.75, 3.05) is 0 Å². The van der Waals surface area contributed by atoms with Crippen LogP contribution >= 0.6 is 0 Å². The highest BCUT2D eigenvalue weighted by Gasteiger charge is 2.59. The van der Waals surface area contributed by atoms with Crippen molar-refractivity contribution < 1.29 is 14.0 Å². The van der Waals surface area contributed by atoms with E-state index in [1.54, 1.807) is 0 Å². The first-order valence-corrected chi connectivity index (χ1v) is 12.5. The van der Waals surface area contributed by atoms with E-state index in [0.717, 1.165) is 30.3 Å². The molecule has 4 heteroatoms. The maximum atomic E-state index is 12.9. The molecule has 0 N–H and O–H groups in total. The molecule has 0 aromatic rings. The molecule has 1 aliphatic heterocycles. The number of carbonyl (C=O) groups excluding carboxylic acids is 1. The van der Waals surface area contributed by atoms with Gasteiger partial charge >= 0.3 is 0 Å². The lowest BCUT2D eigenvalue weighted by Gasteiger charge is -2.41. The minimum absolute atomic E-state index is 0.0321. The maximum Gasteiger partial charge on any atom is 0.193 e. The van der Waals surface area contributed by atoms with E-state index >= 15 is 0 Å². The van der Waals surface area contributed by atoms with E-state index in [9.17, 15) is 4.79 Å². The average molecular weight is 365 g/mol. The van der Waals surface area contributed by atoms with Crippen LogP contribution < -0.4 is 0 Å². The number of Topliss-reactive ketones (excluding diaryl/α,β-unsaturated/α-hetero) is 1. The van der Waals surface area contributed by atoms with Gasteiger partial charge in [-0.3, -0.25) is 4.79 Å². The predicted molar refractivity (Wildman–Crippen MR) is 106 cm³/mol. The van der Waals surface area contributed by atoms with Crippen LogP contribution in [0.1, 0.15) is 61.3 Å². The number of ether oxygens (including phenoxy) is 1. The van der Waals surface area contributed by atoms with E-state index < -0.39 is 13.9 Å². The summed E-state index contributed by atoms with van der Waals surface area (Å²) in [7, 11) is -1.87. The van der Waals surface area contributed by atoms with Crippen molar-refractivity contribution >= 4 is 14.1 Å². The van der Waals surface area contributed by atoms with Crippen molar-refractivity contribution in [2.45, 2.75) is 91.1 Å². The Bertz CT molecular complexity index is 549. The zero-order valence-electron chi connectivity index (χ0n) is 17.1. The molecule has 25 heavy (non-hydrogen) atoms. The van der Waals surface area contributed by atoms with Gasteiger partial charge in [-0.2, -0.15) is 0 Å². The largest absolute Gasteiger partial charge is 0.491 e. The number of allylic oxidation sites excluding steroid dienone is 3. The molecule has 1 saturated heterocycles. The van der Waals surface area contributed by atoms with Gasteiger partial charge in [-0.05, 0) is 57.3 Å². The summed E-state index contributed by atoms with van der Waals surface area (Å²) in [5.74, 6) is 1.42. The minimum atomic E-state index is -1.87. The zero-order chi connectivity index (χ0) is 18.8. The second-order valence-corrected chi connectivity index (χ2v) is 13.1. The van der Waals surface area contributed by atoms with Crippen LogP contribution in [0.4, 0.5) is 0 Å². The molecule has 4 atom stereocenters. The summed E-state index contributed by atoms with van der Waals surface area (Å²) in [6.45, 7) is 15.1. The molecule has 0 amide bonds. The van der Waals surface area contributed by atoms with Crippen molar-refractivity contribution in [2.24, 2.45) is 11.8 Å². The van der Waals surface area contributed by atoms with Gasteiger partial charge in [-0.1, -0.05) is 39.3 Å². The fraction of sp³-hybridized carbons (Fsp3) is 0.762. The summed E-state index contributed by atoms with van der Waals surface area (Å²) in [6.07, 6.45) is 5.69. The van der Waals surface area contributed by atoms with E-state index in [1.807, 2.05) is 6.08 Å². The predicted octanol–water partition coefficient (Wildman–Crippen LogP) is 5.63. The Kier molecular flexibility index (Phi) is 6.37. The molecule has 1 heterocycles. The van der Waals surface area contributed by atoms with Crippen LogP contribution in [0.3, 0.4) is 0 Å². The van der Waals surface area contributed by atoms with Crippen molar-refractivity contribution in [3.8, 4) is 0 Å². The molecule has 142 valence electrons. The minimum Gasteiger partial charge on any atom is -0.491 e. The first kappa shape index (κ1) is 20.4. The lowest BCUT2D eigenvalue weighted by atomic mass is 9.73. The second kappa shape index (κ2) is 7.79. The molecular weight excluding hydrogens is 328 g/mol. The van der Waals surface area contributed by atoms with Gasteiger partial charge in [-0.25, -0.2) is 0 Å².